The summed E-state index contributed by atoms with van der Waals surface area (Å²) in [6.45, 7) is 4.57. The van der Waals surface area contributed by atoms with E-state index in [9.17, 15) is 13.6 Å². The summed E-state index contributed by atoms with van der Waals surface area (Å²) < 4.78 is 29.2. The molecule has 2 aromatic carbocycles. The third kappa shape index (κ3) is 4.74. The van der Waals surface area contributed by atoms with Gasteiger partial charge >= 0.3 is 0 Å². The fourth-order valence-corrected chi connectivity index (χ4v) is 3.96. The van der Waals surface area contributed by atoms with Gasteiger partial charge in [0.2, 0.25) is 5.91 Å². The highest BCUT2D eigenvalue weighted by atomic mass is 19.1. The Bertz CT molecular complexity index is 811. The van der Waals surface area contributed by atoms with Crippen LogP contribution in [0.3, 0.4) is 0 Å². The Labute approximate surface area is 159 Å². The summed E-state index contributed by atoms with van der Waals surface area (Å²) in [5.74, 6) is -1.06. The van der Waals surface area contributed by atoms with Crippen molar-refractivity contribution in [2.75, 3.05) is 0 Å². The van der Waals surface area contributed by atoms with Gasteiger partial charge in [-0.3, -0.25) is 4.79 Å². The minimum absolute atomic E-state index is 0.162. The molecule has 2 nitrogen and oxygen atoms in total. The van der Waals surface area contributed by atoms with Gasteiger partial charge in [-0.1, -0.05) is 26.0 Å². The molecular weight excluding hydrogens is 344 g/mol. The van der Waals surface area contributed by atoms with E-state index in [0.29, 0.717) is 34.4 Å². The van der Waals surface area contributed by atoms with E-state index in [2.05, 4.69) is 13.8 Å². The van der Waals surface area contributed by atoms with Crippen LogP contribution in [-0.2, 0) is 6.42 Å². The Morgan fingerprint density at radius 1 is 1.07 bits per heavy atom. The number of halogens is 2. The molecule has 2 aromatic rings. The normalized spacial score (nSPS) is 17.0. The van der Waals surface area contributed by atoms with Gasteiger partial charge < -0.3 is 5.73 Å². The van der Waals surface area contributed by atoms with Crippen LogP contribution in [0.25, 0.3) is 11.1 Å². The quantitative estimate of drug-likeness (QED) is 0.701. The fraction of sp³-hybridized carbons (Fsp3) is 0.435. The number of carbonyl (C=O) groups is 1. The number of amides is 1. The zero-order chi connectivity index (χ0) is 19.6. The molecule has 4 heteroatoms. The van der Waals surface area contributed by atoms with Crippen LogP contribution >= 0.6 is 0 Å². The standard InChI is InChI=1S/C23H27F2NO/c1-23(2)10-8-15(9-11-23)6-7-19-20(24)13-18(14-21(19)25)16-4-3-5-17(12-16)22(26)27/h3-5,12-15H,6-11H2,1-2H3,(H2,26,27). The van der Waals surface area contributed by atoms with Crippen LogP contribution in [0.5, 0.6) is 0 Å². The van der Waals surface area contributed by atoms with E-state index in [-0.39, 0.29) is 5.56 Å². The summed E-state index contributed by atoms with van der Waals surface area (Å²) in [5.41, 5.74) is 7.15. The minimum Gasteiger partial charge on any atom is -0.366 e. The van der Waals surface area contributed by atoms with Crippen LogP contribution in [0.2, 0.25) is 0 Å². The highest BCUT2D eigenvalue weighted by Gasteiger charge is 2.27. The lowest BCUT2D eigenvalue weighted by atomic mass is 9.72. The minimum atomic E-state index is -0.565. The van der Waals surface area contributed by atoms with Gasteiger partial charge in [-0.2, -0.15) is 0 Å². The lowest BCUT2D eigenvalue weighted by molar-refractivity contribution is 0.100. The number of rotatable bonds is 5. The van der Waals surface area contributed by atoms with Crippen molar-refractivity contribution in [2.45, 2.75) is 52.4 Å². The van der Waals surface area contributed by atoms with Crippen molar-refractivity contribution in [1.82, 2.24) is 0 Å². The SMILES string of the molecule is CC1(C)CCC(CCc2c(F)cc(-c3cccc(C(N)=O)c3)cc2F)CC1. The first-order chi connectivity index (χ1) is 12.7. The number of nitrogens with two attached hydrogens (primary N) is 1. The Balaban J connectivity index is 1.74. The summed E-state index contributed by atoms with van der Waals surface area (Å²) in [7, 11) is 0. The number of benzene rings is 2. The first-order valence-corrected chi connectivity index (χ1v) is 9.63. The van der Waals surface area contributed by atoms with E-state index >= 15 is 0 Å². The van der Waals surface area contributed by atoms with E-state index in [1.54, 1.807) is 24.3 Å². The molecule has 0 heterocycles. The molecule has 0 aromatic heterocycles. The average molecular weight is 371 g/mol. The topological polar surface area (TPSA) is 43.1 Å². The number of hydrogen-bond acceptors (Lipinski definition) is 1. The molecule has 27 heavy (non-hydrogen) atoms. The average Bonchev–Trinajstić information content (AvgIpc) is 2.62. The molecule has 1 amide bonds. The molecule has 0 atom stereocenters. The molecule has 1 saturated carbocycles. The predicted octanol–water partition coefficient (Wildman–Crippen LogP) is 5.88. The summed E-state index contributed by atoms with van der Waals surface area (Å²) in [4.78, 5) is 11.3. The van der Waals surface area contributed by atoms with Crippen molar-refractivity contribution in [3.8, 4) is 11.1 Å². The maximum Gasteiger partial charge on any atom is 0.248 e. The number of primary amides is 1. The molecule has 0 saturated heterocycles. The van der Waals surface area contributed by atoms with Gasteiger partial charge in [0.1, 0.15) is 11.6 Å². The van der Waals surface area contributed by atoms with Crippen LogP contribution in [-0.4, -0.2) is 5.91 Å². The van der Waals surface area contributed by atoms with Crippen LogP contribution in [0.1, 0.15) is 61.9 Å². The zero-order valence-electron chi connectivity index (χ0n) is 16.0. The van der Waals surface area contributed by atoms with Crippen molar-refractivity contribution in [3.05, 3.63) is 59.2 Å². The first kappa shape index (κ1) is 19.5. The van der Waals surface area contributed by atoms with Gasteiger partial charge in [0.15, 0.2) is 0 Å². The smallest absolute Gasteiger partial charge is 0.248 e. The largest absolute Gasteiger partial charge is 0.366 e. The van der Waals surface area contributed by atoms with Gasteiger partial charge in [0.05, 0.1) is 0 Å². The second-order valence-corrected chi connectivity index (χ2v) is 8.51. The van der Waals surface area contributed by atoms with Gasteiger partial charge in [-0.05, 0) is 85.3 Å². The summed E-state index contributed by atoms with van der Waals surface area (Å²) in [6.07, 6.45) is 5.86. The Hall–Kier alpha value is -2.23. The van der Waals surface area contributed by atoms with Gasteiger partial charge in [-0.15, -0.1) is 0 Å². The van der Waals surface area contributed by atoms with Gasteiger partial charge in [-0.25, -0.2) is 8.78 Å². The molecule has 0 bridgehead atoms. The van der Waals surface area contributed by atoms with Gasteiger partial charge in [0, 0.05) is 11.1 Å². The lowest BCUT2D eigenvalue weighted by Gasteiger charge is -2.34. The molecule has 1 fully saturated rings. The predicted molar refractivity (Wildman–Crippen MR) is 104 cm³/mol. The fourth-order valence-electron chi connectivity index (χ4n) is 3.96. The van der Waals surface area contributed by atoms with E-state index in [4.69, 9.17) is 5.73 Å². The molecule has 1 aliphatic carbocycles. The Morgan fingerprint density at radius 3 is 2.30 bits per heavy atom. The maximum absolute atomic E-state index is 14.6. The van der Waals surface area contributed by atoms with Crippen LogP contribution in [0, 0.1) is 23.0 Å². The highest BCUT2D eigenvalue weighted by Crippen LogP contribution is 2.39. The summed E-state index contributed by atoms with van der Waals surface area (Å²) in [6, 6.07) is 9.21. The molecule has 0 aliphatic heterocycles. The third-order valence-electron chi connectivity index (χ3n) is 5.88. The molecule has 1 aliphatic rings. The van der Waals surface area contributed by atoms with Crippen LogP contribution < -0.4 is 5.73 Å². The molecular formula is C23H27F2NO. The van der Waals surface area contributed by atoms with Crippen molar-refractivity contribution < 1.29 is 13.6 Å². The van der Waals surface area contributed by atoms with Crippen molar-refractivity contribution in [2.24, 2.45) is 17.1 Å². The second-order valence-electron chi connectivity index (χ2n) is 8.51. The monoisotopic (exact) mass is 371 g/mol. The highest BCUT2D eigenvalue weighted by molar-refractivity contribution is 5.94. The second kappa shape index (κ2) is 7.79. The molecule has 0 radical (unpaired) electrons. The number of hydrogen-bond donors (Lipinski definition) is 1. The summed E-state index contributed by atoms with van der Waals surface area (Å²) >= 11 is 0. The zero-order valence-corrected chi connectivity index (χ0v) is 16.0. The maximum atomic E-state index is 14.6. The first-order valence-electron chi connectivity index (χ1n) is 9.63. The van der Waals surface area contributed by atoms with Crippen LogP contribution in [0.4, 0.5) is 8.78 Å². The van der Waals surface area contributed by atoms with E-state index in [1.807, 2.05) is 0 Å². The lowest BCUT2D eigenvalue weighted by Crippen LogP contribution is -2.21. The van der Waals surface area contributed by atoms with E-state index in [1.165, 1.54) is 25.0 Å². The van der Waals surface area contributed by atoms with Gasteiger partial charge in [0.25, 0.3) is 0 Å². The third-order valence-corrected chi connectivity index (χ3v) is 5.88. The molecule has 0 spiro atoms. The van der Waals surface area contributed by atoms with Crippen molar-refractivity contribution in [1.29, 1.82) is 0 Å². The number of carbonyl (C=O) groups excluding carboxylic acids is 1. The molecule has 0 unspecified atom stereocenters. The molecule has 2 N–H and O–H groups in total. The van der Waals surface area contributed by atoms with E-state index < -0.39 is 17.5 Å². The summed E-state index contributed by atoms with van der Waals surface area (Å²) in [5, 5.41) is 0. The Morgan fingerprint density at radius 2 is 1.70 bits per heavy atom. The molecule has 3 rings (SSSR count). The van der Waals surface area contributed by atoms with Crippen molar-refractivity contribution in [3.63, 3.8) is 0 Å². The van der Waals surface area contributed by atoms with Crippen LogP contribution in [0.15, 0.2) is 36.4 Å². The Kier molecular flexibility index (Phi) is 5.64. The molecule has 144 valence electrons. The van der Waals surface area contributed by atoms with E-state index in [0.717, 1.165) is 19.3 Å². The van der Waals surface area contributed by atoms with Crippen molar-refractivity contribution >= 4 is 5.91 Å².